The van der Waals surface area contributed by atoms with E-state index in [0.29, 0.717) is 21.7 Å². The van der Waals surface area contributed by atoms with E-state index in [-0.39, 0.29) is 17.6 Å². The molecule has 0 saturated heterocycles. The number of nitrogens with one attached hydrogen (secondary N) is 2. The number of amides is 3. The molecule has 2 rings (SSSR count). The Morgan fingerprint density at radius 1 is 1.23 bits per heavy atom. The summed E-state index contributed by atoms with van der Waals surface area (Å²) in [6.07, 6.45) is 0. The molecule has 0 spiro atoms. The molecule has 0 aliphatic heterocycles. The monoisotopic (exact) mass is 392 g/mol. The zero-order valence-corrected chi connectivity index (χ0v) is 17.0. The Kier molecular flexibility index (Phi) is 7.05. The lowest BCUT2D eigenvalue weighted by Gasteiger charge is -2.17. The van der Waals surface area contributed by atoms with Crippen molar-refractivity contribution >= 4 is 40.2 Å². The van der Waals surface area contributed by atoms with Gasteiger partial charge in [0.15, 0.2) is 0 Å². The number of aryl methyl sites for hydroxylation is 1. The Morgan fingerprint density at radius 2 is 1.88 bits per heavy atom. The van der Waals surface area contributed by atoms with Gasteiger partial charge >= 0.3 is 6.03 Å². The lowest BCUT2D eigenvalue weighted by molar-refractivity contribution is 0.0998. The van der Waals surface area contributed by atoms with Crippen molar-refractivity contribution in [2.24, 2.45) is 11.7 Å². The molecule has 1 heterocycles. The highest BCUT2D eigenvalue weighted by Gasteiger charge is 2.21. The maximum Gasteiger partial charge on any atom is 0.320 e. The Morgan fingerprint density at radius 3 is 2.46 bits per heavy atom. The normalized spacial score (nSPS) is 12.0. The molecule has 0 bridgehead atoms. The fourth-order valence-corrected chi connectivity index (χ4v) is 3.95. The molecule has 4 N–H and O–H groups in total. The summed E-state index contributed by atoms with van der Waals surface area (Å²) >= 11 is 2.49. The first kappa shape index (κ1) is 20.3. The van der Waals surface area contributed by atoms with Crippen LogP contribution in [0.3, 0.4) is 0 Å². The number of rotatable bonds is 7. The number of nitrogens with two attached hydrogens (primary N) is 1. The number of thioether (sulfide) groups is 1. The highest BCUT2D eigenvalue weighted by atomic mass is 32.2. The van der Waals surface area contributed by atoms with Crippen LogP contribution in [0.2, 0.25) is 0 Å². The van der Waals surface area contributed by atoms with Crippen LogP contribution >= 0.6 is 23.3 Å². The third-order valence-electron chi connectivity index (χ3n) is 3.99. The van der Waals surface area contributed by atoms with E-state index < -0.39 is 5.91 Å². The predicted molar refractivity (Wildman–Crippen MR) is 108 cm³/mol. The van der Waals surface area contributed by atoms with Crippen LogP contribution < -0.4 is 16.4 Å². The van der Waals surface area contributed by atoms with E-state index in [0.717, 1.165) is 17.1 Å². The molecule has 0 fully saturated rings. The van der Waals surface area contributed by atoms with Gasteiger partial charge in [0.2, 0.25) is 0 Å². The quantitative estimate of drug-likeness (QED) is 0.620. The number of aromatic nitrogens is 1. The third-order valence-corrected chi connectivity index (χ3v) is 5.91. The number of benzene rings is 1. The molecule has 1 atom stereocenters. The molecule has 1 unspecified atom stereocenters. The summed E-state index contributed by atoms with van der Waals surface area (Å²) in [5.41, 5.74) is 8.10. The van der Waals surface area contributed by atoms with Crippen LogP contribution in [-0.4, -0.2) is 22.4 Å². The number of hydrogen-bond donors (Lipinski definition) is 3. The maximum absolute atomic E-state index is 12.1. The smallest absolute Gasteiger partial charge is 0.320 e. The van der Waals surface area contributed by atoms with Gasteiger partial charge in [-0.25, -0.2) is 4.79 Å². The zero-order chi connectivity index (χ0) is 19.3. The average Bonchev–Trinajstić information content (AvgIpc) is 2.96. The summed E-state index contributed by atoms with van der Waals surface area (Å²) in [6, 6.07) is 7.80. The molecule has 1 aromatic carbocycles. The van der Waals surface area contributed by atoms with Crippen molar-refractivity contribution in [3.8, 4) is 0 Å². The van der Waals surface area contributed by atoms with Crippen molar-refractivity contribution in [3.63, 3.8) is 0 Å². The molecule has 140 valence electrons. The number of hydrogen-bond acceptors (Lipinski definition) is 5. The first-order chi connectivity index (χ1) is 12.3. The Labute approximate surface area is 162 Å². The second kappa shape index (κ2) is 9.05. The topological polar surface area (TPSA) is 97.1 Å². The fourth-order valence-electron chi connectivity index (χ4n) is 2.03. The van der Waals surface area contributed by atoms with Gasteiger partial charge in [-0.2, -0.15) is 4.37 Å². The summed E-state index contributed by atoms with van der Waals surface area (Å²) in [7, 11) is 0. The van der Waals surface area contributed by atoms with Gasteiger partial charge in [-0.3, -0.25) is 10.1 Å². The lowest BCUT2D eigenvalue weighted by Crippen LogP contribution is -2.39. The minimum Gasteiger partial charge on any atom is -0.365 e. The number of nitrogens with zero attached hydrogens (tertiary/aromatic N) is 1. The summed E-state index contributed by atoms with van der Waals surface area (Å²) in [5.74, 6) is 0.371. The average molecular weight is 393 g/mol. The second-order valence-corrected chi connectivity index (χ2v) is 8.20. The van der Waals surface area contributed by atoms with Gasteiger partial charge in [0.05, 0.1) is 0 Å². The van der Waals surface area contributed by atoms with Crippen molar-refractivity contribution in [2.75, 3.05) is 5.32 Å². The van der Waals surface area contributed by atoms with Crippen molar-refractivity contribution in [1.82, 2.24) is 9.69 Å². The molecule has 8 heteroatoms. The van der Waals surface area contributed by atoms with Crippen LogP contribution in [0, 0.1) is 12.8 Å². The standard InChI is InChI=1S/C18H24N4O2S2/c1-10(2)12(4)20-18(24)21-16-14(15(19)23)17(22-26-16)25-9-13-7-5-11(3)6-8-13/h5-8,10,12H,9H2,1-4H3,(H2,19,23)(H2,20,21,24). The lowest BCUT2D eigenvalue weighted by atomic mass is 10.1. The molecule has 0 aliphatic carbocycles. The van der Waals surface area contributed by atoms with E-state index >= 15 is 0 Å². The Balaban J connectivity index is 2.08. The minimum absolute atomic E-state index is 0.00957. The van der Waals surface area contributed by atoms with E-state index in [9.17, 15) is 9.59 Å². The van der Waals surface area contributed by atoms with Crippen molar-refractivity contribution in [1.29, 1.82) is 0 Å². The highest BCUT2D eigenvalue weighted by molar-refractivity contribution is 7.98. The number of carbonyl (C=O) groups excluding carboxylic acids is 2. The van der Waals surface area contributed by atoms with Crippen LogP contribution in [0.15, 0.2) is 29.3 Å². The number of anilines is 1. The van der Waals surface area contributed by atoms with Crippen LogP contribution in [0.4, 0.5) is 9.80 Å². The highest BCUT2D eigenvalue weighted by Crippen LogP contribution is 2.33. The first-order valence-corrected chi connectivity index (χ1v) is 10.1. The van der Waals surface area contributed by atoms with E-state index in [2.05, 4.69) is 15.0 Å². The predicted octanol–water partition coefficient (Wildman–Crippen LogP) is 4.01. The molecule has 3 amide bonds. The van der Waals surface area contributed by atoms with E-state index in [1.54, 1.807) is 0 Å². The van der Waals surface area contributed by atoms with Gasteiger partial charge < -0.3 is 11.1 Å². The molecule has 6 nitrogen and oxygen atoms in total. The third kappa shape index (κ3) is 5.47. The SMILES string of the molecule is Cc1ccc(CSc2nsc(NC(=O)NC(C)C(C)C)c2C(N)=O)cc1. The molecule has 0 saturated carbocycles. The number of urea groups is 1. The fraction of sp³-hybridized carbons (Fsp3) is 0.389. The van der Waals surface area contributed by atoms with E-state index in [1.807, 2.05) is 52.0 Å². The van der Waals surface area contributed by atoms with Crippen molar-refractivity contribution in [3.05, 3.63) is 41.0 Å². The van der Waals surface area contributed by atoms with Crippen LogP contribution in [-0.2, 0) is 5.75 Å². The summed E-state index contributed by atoms with van der Waals surface area (Å²) in [6.45, 7) is 8.00. The number of carbonyl (C=O) groups is 2. The van der Waals surface area contributed by atoms with Crippen molar-refractivity contribution in [2.45, 2.75) is 44.5 Å². The first-order valence-electron chi connectivity index (χ1n) is 8.33. The van der Waals surface area contributed by atoms with Crippen LogP contribution in [0.25, 0.3) is 0 Å². The second-order valence-electron chi connectivity index (χ2n) is 6.46. The minimum atomic E-state index is -0.600. The molecular formula is C18H24N4O2S2. The molecule has 1 aromatic heterocycles. The van der Waals surface area contributed by atoms with Gasteiger partial charge in [0.1, 0.15) is 15.6 Å². The molecule has 0 radical (unpaired) electrons. The molecule has 26 heavy (non-hydrogen) atoms. The Hall–Kier alpha value is -2.06. The van der Waals surface area contributed by atoms with Crippen molar-refractivity contribution < 1.29 is 9.59 Å². The summed E-state index contributed by atoms with van der Waals surface area (Å²) in [4.78, 5) is 24.0. The van der Waals surface area contributed by atoms with E-state index in [1.165, 1.54) is 17.3 Å². The van der Waals surface area contributed by atoms with Gasteiger partial charge in [0, 0.05) is 11.8 Å². The maximum atomic E-state index is 12.1. The molecule has 0 aliphatic rings. The molecular weight excluding hydrogens is 368 g/mol. The zero-order valence-electron chi connectivity index (χ0n) is 15.3. The Bertz CT molecular complexity index is 772. The van der Waals surface area contributed by atoms with Crippen LogP contribution in [0.1, 0.15) is 42.3 Å². The summed E-state index contributed by atoms with van der Waals surface area (Å²) in [5, 5.41) is 6.44. The molecule has 2 aromatic rings. The van der Waals surface area contributed by atoms with Gasteiger partial charge in [-0.05, 0) is 36.9 Å². The summed E-state index contributed by atoms with van der Waals surface area (Å²) < 4.78 is 4.30. The van der Waals surface area contributed by atoms with Gasteiger partial charge in [-0.1, -0.05) is 55.4 Å². The van der Waals surface area contributed by atoms with Gasteiger partial charge in [-0.15, -0.1) is 0 Å². The van der Waals surface area contributed by atoms with E-state index in [4.69, 9.17) is 5.73 Å². The largest absolute Gasteiger partial charge is 0.365 e. The number of primary amides is 1. The van der Waals surface area contributed by atoms with Gasteiger partial charge in [0.25, 0.3) is 5.91 Å². The van der Waals surface area contributed by atoms with Crippen LogP contribution in [0.5, 0.6) is 0 Å².